The van der Waals surface area contributed by atoms with Crippen LogP contribution >= 0.6 is 0 Å². The predicted octanol–water partition coefficient (Wildman–Crippen LogP) is 3.14. The molecule has 0 radical (unpaired) electrons. The van der Waals surface area contributed by atoms with Crippen molar-refractivity contribution >= 4 is 11.6 Å². The third kappa shape index (κ3) is 4.26. The van der Waals surface area contributed by atoms with Gasteiger partial charge in [0.2, 0.25) is 5.91 Å². The van der Waals surface area contributed by atoms with Crippen LogP contribution in [0.5, 0.6) is 0 Å². The lowest BCUT2D eigenvalue weighted by Gasteiger charge is -2.21. The first kappa shape index (κ1) is 14.9. The van der Waals surface area contributed by atoms with Crippen LogP contribution in [-0.4, -0.2) is 19.0 Å². The maximum Gasteiger partial charge on any atom is 0.220 e. The molecular formula is C17H26N2O. The van der Waals surface area contributed by atoms with Gasteiger partial charge < -0.3 is 10.6 Å². The van der Waals surface area contributed by atoms with Gasteiger partial charge in [0.25, 0.3) is 0 Å². The molecule has 110 valence electrons. The molecule has 1 aliphatic rings. The molecule has 0 unspecified atom stereocenters. The molecule has 20 heavy (non-hydrogen) atoms. The zero-order valence-corrected chi connectivity index (χ0v) is 12.9. The summed E-state index contributed by atoms with van der Waals surface area (Å²) in [5.74, 6) is 0.148. The Kier molecular flexibility index (Phi) is 4.69. The average molecular weight is 274 g/mol. The molecule has 0 aromatic heterocycles. The summed E-state index contributed by atoms with van der Waals surface area (Å²) < 4.78 is 0. The Balaban J connectivity index is 1.87. The maximum atomic E-state index is 11.8. The normalized spacial score (nSPS) is 14.3. The summed E-state index contributed by atoms with van der Waals surface area (Å²) in [6.07, 6.45) is 3.84. The number of carbonyl (C=O) groups is 1. The van der Waals surface area contributed by atoms with Gasteiger partial charge in [-0.2, -0.15) is 0 Å². The quantitative estimate of drug-likeness (QED) is 0.885. The van der Waals surface area contributed by atoms with Crippen molar-refractivity contribution in [2.45, 2.75) is 46.5 Å². The Morgan fingerprint density at radius 3 is 2.90 bits per heavy atom. The van der Waals surface area contributed by atoms with E-state index in [9.17, 15) is 4.79 Å². The maximum absolute atomic E-state index is 11.8. The highest BCUT2D eigenvalue weighted by Crippen LogP contribution is 2.26. The van der Waals surface area contributed by atoms with Crippen molar-refractivity contribution in [1.29, 1.82) is 0 Å². The van der Waals surface area contributed by atoms with E-state index >= 15 is 0 Å². The van der Waals surface area contributed by atoms with Gasteiger partial charge in [0, 0.05) is 25.2 Å². The standard InChI is InChI=1S/C17H26N2O/c1-17(2,3)12-15(20)18-11-9-14-7-4-6-13-8-5-10-19-16(13)14/h4,6-7,19H,5,8-12H2,1-3H3,(H,18,20). The van der Waals surface area contributed by atoms with Gasteiger partial charge in [-0.25, -0.2) is 0 Å². The molecule has 0 bridgehead atoms. The number of hydrogen-bond donors (Lipinski definition) is 2. The topological polar surface area (TPSA) is 41.1 Å². The second-order valence-electron chi connectivity index (χ2n) is 6.82. The van der Waals surface area contributed by atoms with Crippen LogP contribution in [-0.2, 0) is 17.6 Å². The molecule has 2 rings (SSSR count). The third-order valence-electron chi connectivity index (χ3n) is 3.57. The number of amides is 1. The molecule has 0 aliphatic carbocycles. The van der Waals surface area contributed by atoms with Crippen LogP contribution in [0.1, 0.15) is 44.7 Å². The SMILES string of the molecule is CC(C)(C)CC(=O)NCCc1cccc2c1NCCC2. The molecule has 1 aromatic rings. The number of para-hydroxylation sites is 1. The summed E-state index contributed by atoms with van der Waals surface area (Å²) in [4.78, 5) is 11.8. The second kappa shape index (κ2) is 6.29. The summed E-state index contributed by atoms with van der Waals surface area (Å²) in [5.41, 5.74) is 4.08. The highest BCUT2D eigenvalue weighted by atomic mass is 16.1. The largest absolute Gasteiger partial charge is 0.385 e. The van der Waals surface area contributed by atoms with Crippen LogP contribution in [0.25, 0.3) is 0 Å². The smallest absolute Gasteiger partial charge is 0.220 e. The molecule has 3 nitrogen and oxygen atoms in total. The summed E-state index contributed by atoms with van der Waals surface area (Å²) in [6, 6.07) is 6.48. The van der Waals surface area contributed by atoms with E-state index in [4.69, 9.17) is 0 Å². The lowest BCUT2D eigenvalue weighted by Crippen LogP contribution is -2.29. The lowest BCUT2D eigenvalue weighted by atomic mass is 9.92. The van der Waals surface area contributed by atoms with E-state index in [2.05, 4.69) is 49.6 Å². The van der Waals surface area contributed by atoms with E-state index in [1.165, 1.54) is 23.2 Å². The number of aryl methyl sites for hydroxylation is 1. The number of benzene rings is 1. The van der Waals surface area contributed by atoms with Gasteiger partial charge in [0.05, 0.1) is 0 Å². The molecule has 1 amide bonds. The van der Waals surface area contributed by atoms with E-state index in [1.54, 1.807) is 0 Å². The number of anilines is 1. The number of rotatable bonds is 4. The first-order valence-electron chi connectivity index (χ1n) is 7.57. The monoisotopic (exact) mass is 274 g/mol. The van der Waals surface area contributed by atoms with Crippen LogP contribution in [0.4, 0.5) is 5.69 Å². The van der Waals surface area contributed by atoms with Gasteiger partial charge in [-0.3, -0.25) is 4.79 Å². The highest BCUT2D eigenvalue weighted by Gasteiger charge is 2.16. The van der Waals surface area contributed by atoms with Crippen molar-refractivity contribution in [2.75, 3.05) is 18.4 Å². The van der Waals surface area contributed by atoms with Gasteiger partial charge in [0.15, 0.2) is 0 Å². The Bertz CT molecular complexity index is 474. The molecule has 0 atom stereocenters. The zero-order valence-electron chi connectivity index (χ0n) is 12.9. The van der Waals surface area contributed by atoms with Crippen molar-refractivity contribution in [2.24, 2.45) is 5.41 Å². The fraction of sp³-hybridized carbons (Fsp3) is 0.588. The van der Waals surface area contributed by atoms with E-state index in [0.717, 1.165) is 19.4 Å². The summed E-state index contributed by atoms with van der Waals surface area (Å²) >= 11 is 0. The van der Waals surface area contributed by atoms with Crippen molar-refractivity contribution in [3.63, 3.8) is 0 Å². The first-order chi connectivity index (χ1) is 9.46. The number of nitrogens with one attached hydrogen (secondary N) is 2. The van der Waals surface area contributed by atoms with Crippen LogP contribution in [0, 0.1) is 5.41 Å². The van der Waals surface area contributed by atoms with Crippen LogP contribution in [0.3, 0.4) is 0 Å². The van der Waals surface area contributed by atoms with Crippen molar-refractivity contribution in [3.05, 3.63) is 29.3 Å². The highest BCUT2D eigenvalue weighted by molar-refractivity contribution is 5.76. The minimum absolute atomic E-state index is 0.0531. The predicted molar refractivity (Wildman–Crippen MR) is 84.0 cm³/mol. The fourth-order valence-corrected chi connectivity index (χ4v) is 2.67. The molecule has 3 heteroatoms. The Hall–Kier alpha value is -1.51. The lowest BCUT2D eigenvalue weighted by molar-refractivity contribution is -0.122. The van der Waals surface area contributed by atoms with Crippen molar-refractivity contribution < 1.29 is 4.79 Å². The van der Waals surface area contributed by atoms with Gasteiger partial charge in [0.1, 0.15) is 0 Å². The Morgan fingerprint density at radius 1 is 1.35 bits per heavy atom. The summed E-state index contributed by atoms with van der Waals surface area (Å²) in [7, 11) is 0. The zero-order chi connectivity index (χ0) is 14.6. The van der Waals surface area contributed by atoms with E-state index in [0.29, 0.717) is 13.0 Å². The minimum atomic E-state index is 0.0531. The number of fused-ring (bicyclic) bond motifs is 1. The van der Waals surface area contributed by atoms with Crippen LogP contribution in [0.2, 0.25) is 0 Å². The fourth-order valence-electron chi connectivity index (χ4n) is 2.67. The molecule has 1 aliphatic heterocycles. The molecule has 0 spiro atoms. The molecule has 2 N–H and O–H groups in total. The van der Waals surface area contributed by atoms with Crippen molar-refractivity contribution in [1.82, 2.24) is 5.32 Å². The van der Waals surface area contributed by atoms with Gasteiger partial charge in [-0.15, -0.1) is 0 Å². The Labute approximate surface area is 122 Å². The Morgan fingerprint density at radius 2 is 2.15 bits per heavy atom. The van der Waals surface area contributed by atoms with Crippen molar-refractivity contribution in [3.8, 4) is 0 Å². The van der Waals surface area contributed by atoms with Gasteiger partial charge in [-0.1, -0.05) is 39.0 Å². The van der Waals surface area contributed by atoms with Gasteiger partial charge in [-0.05, 0) is 35.8 Å². The van der Waals surface area contributed by atoms with Crippen LogP contribution in [0.15, 0.2) is 18.2 Å². The van der Waals surface area contributed by atoms with E-state index in [1.807, 2.05) is 0 Å². The molecule has 0 saturated carbocycles. The minimum Gasteiger partial charge on any atom is -0.385 e. The first-order valence-corrected chi connectivity index (χ1v) is 7.57. The third-order valence-corrected chi connectivity index (χ3v) is 3.57. The second-order valence-corrected chi connectivity index (χ2v) is 6.82. The van der Waals surface area contributed by atoms with E-state index < -0.39 is 0 Å². The molecule has 1 heterocycles. The van der Waals surface area contributed by atoms with Crippen LogP contribution < -0.4 is 10.6 Å². The molecule has 0 fully saturated rings. The van der Waals surface area contributed by atoms with E-state index in [-0.39, 0.29) is 11.3 Å². The average Bonchev–Trinajstić information content (AvgIpc) is 2.37. The van der Waals surface area contributed by atoms with Gasteiger partial charge >= 0.3 is 0 Å². The summed E-state index contributed by atoms with van der Waals surface area (Å²) in [5, 5.41) is 6.52. The molecule has 1 aromatic carbocycles. The summed E-state index contributed by atoms with van der Waals surface area (Å²) in [6.45, 7) is 8.03. The number of carbonyl (C=O) groups excluding carboxylic acids is 1. The number of hydrogen-bond acceptors (Lipinski definition) is 2. The molecule has 0 saturated heterocycles. The molecular weight excluding hydrogens is 248 g/mol.